The third-order valence-corrected chi connectivity index (χ3v) is 4.86. The largest absolute Gasteiger partial charge is 0.460 e. The number of esters is 1. The van der Waals surface area contributed by atoms with Crippen molar-refractivity contribution >= 4 is 16.1 Å². The van der Waals surface area contributed by atoms with Crippen LogP contribution in [0.15, 0.2) is 12.2 Å². The first-order chi connectivity index (χ1) is 11.4. The normalized spacial score (nSPS) is 17.9. The number of rotatable bonds is 11. The Morgan fingerprint density at radius 1 is 1.25 bits per heavy atom. The molecule has 1 unspecified atom stereocenters. The SMILES string of the molecule is CCC/C=C\CCC(=O)OC(CNC1CCCCC1)CS(=O)(=O)O. The molecule has 1 atom stereocenters. The van der Waals surface area contributed by atoms with Gasteiger partial charge < -0.3 is 10.1 Å². The fourth-order valence-electron chi connectivity index (χ4n) is 2.82. The predicted octanol–water partition coefficient (Wildman–Crippen LogP) is 2.84. The Kier molecular flexibility index (Phi) is 10.2. The summed E-state index contributed by atoms with van der Waals surface area (Å²) in [5, 5.41) is 3.27. The summed E-state index contributed by atoms with van der Waals surface area (Å²) in [5.74, 6) is -1.00. The van der Waals surface area contributed by atoms with E-state index in [9.17, 15) is 13.2 Å². The molecule has 1 fully saturated rings. The van der Waals surface area contributed by atoms with Crippen LogP contribution in [0.4, 0.5) is 0 Å². The molecule has 7 heteroatoms. The van der Waals surface area contributed by atoms with Crippen LogP contribution in [0.5, 0.6) is 0 Å². The Morgan fingerprint density at radius 2 is 1.92 bits per heavy atom. The lowest BCUT2D eigenvalue weighted by Crippen LogP contribution is -2.41. The van der Waals surface area contributed by atoms with Crippen molar-refractivity contribution in [3.63, 3.8) is 0 Å². The lowest BCUT2D eigenvalue weighted by molar-refractivity contribution is -0.147. The van der Waals surface area contributed by atoms with Crippen LogP contribution in [0.1, 0.15) is 64.7 Å². The van der Waals surface area contributed by atoms with Gasteiger partial charge in [0.25, 0.3) is 10.1 Å². The van der Waals surface area contributed by atoms with E-state index in [0.29, 0.717) is 12.5 Å². The van der Waals surface area contributed by atoms with Crippen molar-refractivity contribution in [3.05, 3.63) is 12.2 Å². The maximum Gasteiger partial charge on any atom is 0.306 e. The summed E-state index contributed by atoms with van der Waals surface area (Å²) in [6, 6.07) is 0.332. The first-order valence-corrected chi connectivity index (χ1v) is 10.5. The van der Waals surface area contributed by atoms with Crippen LogP contribution < -0.4 is 5.32 Å². The van der Waals surface area contributed by atoms with Gasteiger partial charge in [-0.25, -0.2) is 0 Å². The second-order valence-electron chi connectivity index (χ2n) is 6.40. The van der Waals surface area contributed by atoms with E-state index in [0.717, 1.165) is 38.5 Å². The van der Waals surface area contributed by atoms with E-state index >= 15 is 0 Å². The Labute approximate surface area is 145 Å². The summed E-state index contributed by atoms with van der Waals surface area (Å²) in [7, 11) is -4.19. The van der Waals surface area contributed by atoms with Crippen molar-refractivity contribution in [1.82, 2.24) is 5.32 Å². The van der Waals surface area contributed by atoms with Gasteiger partial charge in [-0.15, -0.1) is 0 Å². The highest BCUT2D eigenvalue weighted by atomic mass is 32.2. The van der Waals surface area contributed by atoms with Crippen LogP contribution in [0.2, 0.25) is 0 Å². The van der Waals surface area contributed by atoms with Gasteiger partial charge in [-0.2, -0.15) is 8.42 Å². The van der Waals surface area contributed by atoms with Crippen LogP contribution in [0.25, 0.3) is 0 Å². The molecule has 0 bridgehead atoms. The monoisotopic (exact) mass is 361 g/mol. The molecule has 1 aliphatic rings. The van der Waals surface area contributed by atoms with Crippen molar-refractivity contribution in [2.45, 2.75) is 76.9 Å². The zero-order valence-electron chi connectivity index (χ0n) is 14.6. The molecule has 1 saturated carbocycles. The summed E-state index contributed by atoms with van der Waals surface area (Å²) in [6.45, 7) is 2.33. The van der Waals surface area contributed by atoms with Crippen molar-refractivity contribution in [2.75, 3.05) is 12.3 Å². The molecule has 140 valence electrons. The second kappa shape index (κ2) is 11.6. The Morgan fingerprint density at radius 3 is 2.54 bits per heavy atom. The predicted molar refractivity (Wildman–Crippen MR) is 94.5 cm³/mol. The fourth-order valence-corrected chi connectivity index (χ4v) is 3.48. The topological polar surface area (TPSA) is 92.7 Å². The summed E-state index contributed by atoms with van der Waals surface area (Å²) in [4.78, 5) is 11.9. The number of ether oxygens (including phenoxy) is 1. The van der Waals surface area contributed by atoms with Crippen LogP contribution in [0.3, 0.4) is 0 Å². The maximum absolute atomic E-state index is 11.9. The quantitative estimate of drug-likeness (QED) is 0.334. The minimum Gasteiger partial charge on any atom is -0.460 e. The van der Waals surface area contributed by atoms with Crippen LogP contribution in [-0.2, 0) is 19.6 Å². The van der Waals surface area contributed by atoms with E-state index < -0.39 is 27.9 Å². The molecule has 0 aromatic heterocycles. The maximum atomic E-state index is 11.9. The van der Waals surface area contributed by atoms with Gasteiger partial charge >= 0.3 is 5.97 Å². The van der Waals surface area contributed by atoms with Gasteiger partial charge in [-0.1, -0.05) is 44.8 Å². The van der Waals surface area contributed by atoms with E-state index in [1.807, 2.05) is 12.2 Å². The molecule has 1 aliphatic carbocycles. The highest BCUT2D eigenvalue weighted by Crippen LogP contribution is 2.17. The first-order valence-electron chi connectivity index (χ1n) is 8.93. The van der Waals surface area contributed by atoms with Gasteiger partial charge in [0.1, 0.15) is 11.9 Å². The van der Waals surface area contributed by atoms with E-state index in [-0.39, 0.29) is 13.0 Å². The van der Waals surface area contributed by atoms with Crippen molar-refractivity contribution in [1.29, 1.82) is 0 Å². The number of unbranched alkanes of at least 4 members (excludes halogenated alkanes) is 1. The van der Waals surface area contributed by atoms with Crippen LogP contribution in [0, 0.1) is 0 Å². The Hall–Kier alpha value is -0.920. The summed E-state index contributed by atoms with van der Waals surface area (Å²) in [6.07, 6.45) is 11.6. The zero-order valence-corrected chi connectivity index (χ0v) is 15.4. The van der Waals surface area contributed by atoms with Crippen LogP contribution >= 0.6 is 0 Å². The lowest BCUT2D eigenvalue weighted by Gasteiger charge is -2.25. The zero-order chi connectivity index (χ0) is 17.8. The number of hydrogen-bond donors (Lipinski definition) is 2. The molecule has 6 nitrogen and oxygen atoms in total. The molecule has 0 saturated heterocycles. The molecule has 0 heterocycles. The van der Waals surface area contributed by atoms with E-state index in [1.165, 1.54) is 6.42 Å². The molecule has 0 spiro atoms. The molecule has 0 aromatic rings. The van der Waals surface area contributed by atoms with Gasteiger partial charge in [0.15, 0.2) is 0 Å². The Bertz CT molecular complexity index is 483. The van der Waals surface area contributed by atoms with Crippen LogP contribution in [-0.4, -0.2) is 43.4 Å². The number of carbonyl (C=O) groups excluding carboxylic acids is 1. The van der Waals surface area contributed by atoms with Gasteiger partial charge in [0.05, 0.1) is 0 Å². The molecule has 0 radical (unpaired) electrons. The number of carbonyl (C=O) groups is 1. The van der Waals surface area contributed by atoms with Crippen molar-refractivity contribution in [2.24, 2.45) is 0 Å². The molecule has 1 rings (SSSR count). The molecule has 2 N–H and O–H groups in total. The van der Waals surface area contributed by atoms with Gasteiger partial charge in [-0.05, 0) is 25.7 Å². The average molecular weight is 362 g/mol. The highest BCUT2D eigenvalue weighted by molar-refractivity contribution is 7.85. The fraction of sp³-hybridized carbons (Fsp3) is 0.824. The van der Waals surface area contributed by atoms with Crippen molar-refractivity contribution in [3.8, 4) is 0 Å². The Balaban J connectivity index is 2.41. The molecule has 0 aromatic carbocycles. The second-order valence-corrected chi connectivity index (χ2v) is 7.90. The number of nitrogens with one attached hydrogen (secondary N) is 1. The average Bonchev–Trinajstić information content (AvgIpc) is 2.52. The minimum atomic E-state index is -4.19. The van der Waals surface area contributed by atoms with Crippen molar-refractivity contribution < 1.29 is 22.5 Å². The number of allylic oxidation sites excluding steroid dienone is 2. The van der Waals surface area contributed by atoms with Gasteiger partial charge in [0, 0.05) is 19.0 Å². The molecule has 0 amide bonds. The summed E-state index contributed by atoms with van der Waals surface area (Å²) >= 11 is 0. The first kappa shape index (κ1) is 21.1. The third-order valence-electron chi connectivity index (χ3n) is 4.07. The standard InChI is InChI=1S/C17H31NO5S/c1-2-3-4-5-9-12-17(19)23-16(14-24(20,21)22)13-18-15-10-7-6-8-11-15/h4-5,15-16,18H,2-3,6-14H2,1H3,(H,20,21,22)/b5-4-. The van der Waals surface area contributed by atoms with Gasteiger partial charge in [-0.3, -0.25) is 9.35 Å². The highest BCUT2D eigenvalue weighted by Gasteiger charge is 2.22. The number of hydrogen-bond acceptors (Lipinski definition) is 5. The smallest absolute Gasteiger partial charge is 0.306 e. The molecular formula is C17H31NO5S. The van der Waals surface area contributed by atoms with Gasteiger partial charge in [0.2, 0.25) is 0 Å². The third kappa shape index (κ3) is 10.8. The lowest BCUT2D eigenvalue weighted by atomic mass is 9.95. The molecule has 24 heavy (non-hydrogen) atoms. The van der Waals surface area contributed by atoms with E-state index in [4.69, 9.17) is 9.29 Å². The van der Waals surface area contributed by atoms with E-state index in [2.05, 4.69) is 12.2 Å². The minimum absolute atomic E-state index is 0.214. The molecular weight excluding hydrogens is 330 g/mol. The molecule has 0 aliphatic heterocycles. The summed E-state index contributed by atoms with van der Waals surface area (Å²) in [5.41, 5.74) is 0. The van der Waals surface area contributed by atoms with E-state index in [1.54, 1.807) is 0 Å². The summed E-state index contributed by atoms with van der Waals surface area (Å²) < 4.78 is 36.6.